The highest BCUT2D eigenvalue weighted by atomic mass is 32.2. The quantitative estimate of drug-likeness (QED) is 0.810. The number of hydrogen-bond donors (Lipinski definition) is 1. The number of hydrogen-bond acceptors (Lipinski definition) is 5. The molecule has 128 valence electrons. The predicted octanol–water partition coefficient (Wildman–Crippen LogP) is 3.10. The van der Waals surface area contributed by atoms with E-state index in [0.29, 0.717) is 17.6 Å². The molecule has 0 aliphatic heterocycles. The first-order chi connectivity index (χ1) is 11.4. The third-order valence-corrected chi connectivity index (χ3v) is 3.89. The topological polar surface area (TPSA) is 58.1 Å². The Morgan fingerprint density at radius 3 is 2.67 bits per heavy atom. The molecule has 0 atom stereocenters. The number of rotatable bonds is 6. The fourth-order valence-electron chi connectivity index (χ4n) is 2.03. The first-order valence-corrected chi connectivity index (χ1v) is 8.08. The SMILES string of the molecule is Cc1cc(N(C)C)nc(CNC(=O)c2ccccc2SC(F)F)n1. The molecule has 1 amide bonds. The molecule has 0 saturated carbocycles. The number of amides is 1. The zero-order chi connectivity index (χ0) is 17.7. The number of carbonyl (C=O) groups is 1. The van der Waals surface area contributed by atoms with Crippen LogP contribution in [-0.4, -0.2) is 35.7 Å². The highest BCUT2D eigenvalue weighted by Gasteiger charge is 2.15. The molecule has 2 rings (SSSR count). The van der Waals surface area contributed by atoms with Crippen molar-refractivity contribution in [2.75, 3.05) is 19.0 Å². The van der Waals surface area contributed by atoms with Gasteiger partial charge >= 0.3 is 0 Å². The van der Waals surface area contributed by atoms with E-state index in [0.717, 1.165) is 11.5 Å². The number of nitrogens with zero attached hydrogens (tertiary/aromatic N) is 3. The second-order valence-electron chi connectivity index (χ2n) is 5.24. The maximum Gasteiger partial charge on any atom is 0.288 e. The zero-order valence-electron chi connectivity index (χ0n) is 13.6. The lowest BCUT2D eigenvalue weighted by atomic mass is 10.2. The van der Waals surface area contributed by atoms with Crippen molar-refractivity contribution in [2.24, 2.45) is 0 Å². The number of aryl methyl sites for hydroxylation is 1. The van der Waals surface area contributed by atoms with Gasteiger partial charge in [-0.3, -0.25) is 4.79 Å². The summed E-state index contributed by atoms with van der Waals surface area (Å²) in [5.74, 6) is -1.82. The van der Waals surface area contributed by atoms with Gasteiger partial charge in [0.05, 0.1) is 12.1 Å². The van der Waals surface area contributed by atoms with E-state index >= 15 is 0 Å². The Labute approximate surface area is 143 Å². The molecule has 0 saturated heterocycles. The van der Waals surface area contributed by atoms with E-state index in [9.17, 15) is 13.6 Å². The van der Waals surface area contributed by atoms with Gasteiger partial charge in [-0.25, -0.2) is 9.97 Å². The van der Waals surface area contributed by atoms with E-state index in [-0.39, 0.29) is 17.0 Å². The largest absolute Gasteiger partial charge is 0.363 e. The van der Waals surface area contributed by atoms with Gasteiger partial charge in [0.15, 0.2) is 0 Å². The minimum absolute atomic E-state index is 0.120. The smallest absolute Gasteiger partial charge is 0.288 e. The van der Waals surface area contributed by atoms with Gasteiger partial charge < -0.3 is 10.2 Å². The van der Waals surface area contributed by atoms with Crippen LogP contribution < -0.4 is 10.2 Å². The average Bonchev–Trinajstić information content (AvgIpc) is 2.52. The number of thioether (sulfide) groups is 1. The summed E-state index contributed by atoms with van der Waals surface area (Å²) in [5, 5.41) is 2.68. The van der Waals surface area contributed by atoms with Gasteiger partial charge in [0.2, 0.25) is 0 Å². The molecular weight excluding hydrogens is 334 g/mol. The lowest BCUT2D eigenvalue weighted by Gasteiger charge is -2.14. The summed E-state index contributed by atoms with van der Waals surface area (Å²) >= 11 is 0.352. The molecule has 24 heavy (non-hydrogen) atoms. The van der Waals surface area contributed by atoms with Gasteiger partial charge in [0, 0.05) is 30.8 Å². The molecule has 0 spiro atoms. The van der Waals surface area contributed by atoms with Crippen molar-refractivity contribution in [3.05, 3.63) is 47.4 Å². The second kappa shape index (κ2) is 8.05. The molecule has 0 radical (unpaired) electrons. The Hall–Kier alpha value is -2.22. The average molecular weight is 352 g/mol. The summed E-state index contributed by atoms with van der Waals surface area (Å²) in [5.41, 5.74) is 0.995. The molecule has 1 N–H and O–H groups in total. The number of benzene rings is 1. The summed E-state index contributed by atoms with van der Waals surface area (Å²) in [7, 11) is 3.73. The van der Waals surface area contributed by atoms with Crippen LogP contribution in [0.15, 0.2) is 35.2 Å². The lowest BCUT2D eigenvalue weighted by Crippen LogP contribution is -2.25. The molecule has 0 fully saturated rings. The molecule has 0 aliphatic carbocycles. The fraction of sp³-hybridized carbons (Fsp3) is 0.312. The van der Waals surface area contributed by atoms with Gasteiger partial charge in [-0.05, 0) is 19.1 Å². The lowest BCUT2D eigenvalue weighted by molar-refractivity contribution is 0.0947. The van der Waals surface area contributed by atoms with Crippen LogP contribution >= 0.6 is 11.8 Å². The summed E-state index contributed by atoms with van der Waals surface area (Å²) in [4.78, 5) is 23.0. The van der Waals surface area contributed by atoms with E-state index in [1.54, 1.807) is 12.1 Å². The van der Waals surface area contributed by atoms with Crippen LogP contribution in [0.3, 0.4) is 0 Å². The minimum Gasteiger partial charge on any atom is -0.363 e. The third kappa shape index (κ3) is 4.89. The van der Waals surface area contributed by atoms with E-state index < -0.39 is 11.7 Å². The van der Waals surface area contributed by atoms with Crippen molar-refractivity contribution in [3.8, 4) is 0 Å². The number of alkyl halides is 2. The van der Waals surface area contributed by atoms with Crippen molar-refractivity contribution in [1.82, 2.24) is 15.3 Å². The molecule has 0 unspecified atom stereocenters. The van der Waals surface area contributed by atoms with E-state index in [1.807, 2.05) is 32.0 Å². The van der Waals surface area contributed by atoms with Crippen LogP contribution in [0.4, 0.5) is 14.6 Å². The van der Waals surface area contributed by atoms with Gasteiger partial charge in [-0.15, -0.1) is 0 Å². The van der Waals surface area contributed by atoms with E-state index in [2.05, 4.69) is 15.3 Å². The van der Waals surface area contributed by atoms with Crippen molar-refractivity contribution in [2.45, 2.75) is 24.1 Å². The minimum atomic E-state index is -2.58. The van der Waals surface area contributed by atoms with E-state index in [1.165, 1.54) is 12.1 Å². The molecule has 5 nitrogen and oxygen atoms in total. The Kier molecular flexibility index (Phi) is 6.08. The number of carbonyl (C=O) groups excluding carboxylic acids is 1. The van der Waals surface area contributed by atoms with Crippen LogP contribution in [0.25, 0.3) is 0 Å². The monoisotopic (exact) mass is 352 g/mol. The first kappa shape index (κ1) is 18.1. The Balaban J connectivity index is 2.11. The van der Waals surface area contributed by atoms with Crippen LogP contribution in [0, 0.1) is 6.92 Å². The van der Waals surface area contributed by atoms with Crippen molar-refractivity contribution < 1.29 is 13.6 Å². The van der Waals surface area contributed by atoms with Crippen LogP contribution in [0.5, 0.6) is 0 Å². The molecule has 1 heterocycles. The number of nitrogens with one attached hydrogen (secondary N) is 1. The molecular formula is C16H18F2N4OS. The molecule has 1 aromatic carbocycles. The second-order valence-corrected chi connectivity index (χ2v) is 6.27. The summed E-state index contributed by atoms with van der Waals surface area (Å²) in [6.45, 7) is 1.96. The highest BCUT2D eigenvalue weighted by Crippen LogP contribution is 2.28. The molecule has 1 aromatic heterocycles. The predicted molar refractivity (Wildman–Crippen MR) is 90.6 cm³/mol. The fourth-order valence-corrected chi connectivity index (χ4v) is 2.66. The van der Waals surface area contributed by atoms with Crippen LogP contribution in [0.2, 0.25) is 0 Å². The van der Waals surface area contributed by atoms with Crippen LogP contribution in [-0.2, 0) is 6.54 Å². The molecule has 0 aliphatic rings. The van der Waals surface area contributed by atoms with Crippen LogP contribution in [0.1, 0.15) is 21.9 Å². The maximum absolute atomic E-state index is 12.6. The number of halogens is 2. The molecule has 0 bridgehead atoms. The number of anilines is 1. The summed E-state index contributed by atoms with van der Waals surface area (Å²) < 4.78 is 25.2. The Morgan fingerprint density at radius 1 is 1.29 bits per heavy atom. The third-order valence-electron chi connectivity index (χ3n) is 3.10. The Bertz CT molecular complexity index is 725. The highest BCUT2D eigenvalue weighted by molar-refractivity contribution is 7.99. The zero-order valence-corrected chi connectivity index (χ0v) is 14.4. The first-order valence-electron chi connectivity index (χ1n) is 7.20. The van der Waals surface area contributed by atoms with Gasteiger partial charge in [0.25, 0.3) is 11.7 Å². The Morgan fingerprint density at radius 2 is 2.00 bits per heavy atom. The summed E-state index contributed by atoms with van der Waals surface area (Å²) in [6, 6.07) is 8.10. The summed E-state index contributed by atoms with van der Waals surface area (Å²) in [6.07, 6.45) is 0. The van der Waals surface area contributed by atoms with Crippen molar-refractivity contribution in [3.63, 3.8) is 0 Å². The standard InChI is InChI=1S/C16H18F2N4OS/c1-10-8-14(22(2)3)21-13(20-10)9-19-15(23)11-6-4-5-7-12(11)24-16(17)18/h4-8,16H,9H2,1-3H3,(H,19,23). The van der Waals surface area contributed by atoms with Gasteiger partial charge in [0.1, 0.15) is 11.6 Å². The van der Waals surface area contributed by atoms with E-state index in [4.69, 9.17) is 0 Å². The van der Waals surface area contributed by atoms with Gasteiger partial charge in [-0.1, -0.05) is 23.9 Å². The normalized spacial score (nSPS) is 10.8. The van der Waals surface area contributed by atoms with Crippen molar-refractivity contribution >= 4 is 23.5 Å². The van der Waals surface area contributed by atoms with Gasteiger partial charge in [-0.2, -0.15) is 8.78 Å². The number of aromatic nitrogens is 2. The maximum atomic E-state index is 12.6. The molecule has 8 heteroatoms. The molecule has 2 aromatic rings. The van der Waals surface area contributed by atoms with Crippen molar-refractivity contribution in [1.29, 1.82) is 0 Å².